The zero-order chi connectivity index (χ0) is 14.1. The van der Waals surface area contributed by atoms with Crippen molar-refractivity contribution >= 4 is 17.2 Å². The van der Waals surface area contributed by atoms with Gasteiger partial charge in [-0.15, -0.1) is 11.3 Å². The normalized spacial score (nSPS) is 12.6. The molecule has 4 heteroatoms. The number of hydrogen-bond acceptors (Lipinski definition) is 3. The fraction of sp³-hybridized carbons (Fsp3) is 0.643. The fourth-order valence-corrected chi connectivity index (χ4v) is 2.56. The third-order valence-corrected chi connectivity index (χ3v) is 4.85. The summed E-state index contributed by atoms with van der Waals surface area (Å²) in [5.74, 6) is 0.0859. The minimum absolute atomic E-state index is 0.0859. The molecule has 0 fully saturated rings. The second-order valence-electron chi connectivity index (χ2n) is 6.03. The lowest BCUT2D eigenvalue weighted by Gasteiger charge is -2.39. The van der Waals surface area contributed by atoms with Gasteiger partial charge >= 0.3 is 0 Å². The first-order valence-corrected chi connectivity index (χ1v) is 7.02. The van der Waals surface area contributed by atoms with Crippen LogP contribution in [0.2, 0.25) is 0 Å². The maximum Gasteiger partial charge on any atom is 0.230 e. The van der Waals surface area contributed by atoms with Gasteiger partial charge in [0.1, 0.15) is 0 Å². The van der Waals surface area contributed by atoms with E-state index >= 15 is 0 Å². The van der Waals surface area contributed by atoms with Gasteiger partial charge in [-0.1, -0.05) is 0 Å². The first-order chi connectivity index (χ1) is 8.07. The Morgan fingerprint density at radius 1 is 1.39 bits per heavy atom. The Kier molecular flexibility index (Phi) is 4.23. The minimum atomic E-state index is -0.576. The first-order valence-electron chi connectivity index (χ1n) is 6.15. The number of thiophene rings is 1. The van der Waals surface area contributed by atoms with Crippen molar-refractivity contribution in [1.82, 2.24) is 4.90 Å². The van der Waals surface area contributed by atoms with Crippen molar-refractivity contribution < 1.29 is 4.79 Å². The number of carbonyl (C=O) groups excluding carboxylic acids is 1. The molecule has 1 aromatic heterocycles. The molecule has 0 radical (unpaired) electrons. The first kappa shape index (κ1) is 15.2. The van der Waals surface area contributed by atoms with Crippen LogP contribution in [-0.4, -0.2) is 23.4 Å². The summed E-state index contributed by atoms with van der Waals surface area (Å²) in [6, 6.07) is 2.08. The SMILES string of the molecule is Cc1ccsc1CN(C)C(=O)C(C)(C)C(C)(C)N. The van der Waals surface area contributed by atoms with E-state index in [-0.39, 0.29) is 5.91 Å². The van der Waals surface area contributed by atoms with E-state index in [1.807, 2.05) is 34.7 Å². The van der Waals surface area contributed by atoms with Gasteiger partial charge in [-0.05, 0) is 51.6 Å². The number of hydrogen-bond donors (Lipinski definition) is 1. The molecule has 0 saturated heterocycles. The van der Waals surface area contributed by atoms with E-state index in [0.717, 1.165) is 0 Å². The van der Waals surface area contributed by atoms with Crippen molar-refractivity contribution in [2.24, 2.45) is 11.1 Å². The summed E-state index contributed by atoms with van der Waals surface area (Å²) in [6.45, 7) is 10.3. The number of nitrogens with zero attached hydrogens (tertiary/aromatic N) is 1. The third kappa shape index (κ3) is 2.93. The molecule has 1 rings (SSSR count). The van der Waals surface area contributed by atoms with Gasteiger partial charge in [0.2, 0.25) is 5.91 Å². The van der Waals surface area contributed by atoms with Crippen LogP contribution in [0.1, 0.15) is 38.1 Å². The summed E-state index contributed by atoms with van der Waals surface area (Å²) in [4.78, 5) is 15.5. The van der Waals surface area contributed by atoms with Gasteiger partial charge in [0.05, 0.1) is 12.0 Å². The topological polar surface area (TPSA) is 46.3 Å². The molecule has 0 aromatic carbocycles. The molecule has 18 heavy (non-hydrogen) atoms. The lowest BCUT2D eigenvalue weighted by Crippen LogP contribution is -2.55. The molecule has 102 valence electrons. The smallest absolute Gasteiger partial charge is 0.230 e. The van der Waals surface area contributed by atoms with Crippen LogP contribution in [0.5, 0.6) is 0 Å². The average Bonchev–Trinajstić information content (AvgIpc) is 2.61. The van der Waals surface area contributed by atoms with Gasteiger partial charge in [0, 0.05) is 17.5 Å². The Morgan fingerprint density at radius 2 is 1.94 bits per heavy atom. The van der Waals surface area contributed by atoms with Gasteiger partial charge in [-0.3, -0.25) is 4.79 Å². The number of amides is 1. The molecule has 0 aliphatic rings. The number of rotatable bonds is 4. The predicted molar refractivity (Wildman–Crippen MR) is 77.6 cm³/mol. The zero-order valence-electron chi connectivity index (χ0n) is 12.2. The summed E-state index contributed by atoms with van der Waals surface area (Å²) in [5.41, 5.74) is 6.24. The summed E-state index contributed by atoms with van der Waals surface area (Å²) < 4.78 is 0. The van der Waals surface area contributed by atoms with E-state index in [2.05, 4.69) is 18.4 Å². The molecule has 0 atom stereocenters. The largest absolute Gasteiger partial charge is 0.340 e. The Labute approximate surface area is 114 Å². The molecule has 2 N–H and O–H groups in total. The fourth-order valence-electron chi connectivity index (χ4n) is 1.61. The average molecular weight is 268 g/mol. The molecule has 0 aliphatic heterocycles. The predicted octanol–water partition coefficient (Wildman–Crippen LogP) is 2.78. The molecule has 0 spiro atoms. The zero-order valence-corrected chi connectivity index (χ0v) is 13.0. The Hall–Kier alpha value is -0.870. The Morgan fingerprint density at radius 3 is 2.33 bits per heavy atom. The van der Waals surface area contributed by atoms with Crippen LogP contribution in [0.3, 0.4) is 0 Å². The highest BCUT2D eigenvalue weighted by molar-refractivity contribution is 7.10. The quantitative estimate of drug-likeness (QED) is 0.912. The maximum absolute atomic E-state index is 12.5. The highest BCUT2D eigenvalue weighted by Gasteiger charge is 2.41. The summed E-state index contributed by atoms with van der Waals surface area (Å²) >= 11 is 1.69. The molecule has 0 saturated carbocycles. The molecule has 3 nitrogen and oxygen atoms in total. The number of aryl methyl sites for hydroxylation is 1. The Bertz CT molecular complexity index is 429. The van der Waals surface area contributed by atoms with Crippen LogP contribution in [0.15, 0.2) is 11.4 Å². The molecule has 1 amide bonds. The van der Waals surface area contributed by atoms with Crippen molar-refractivity contribution in [2.75, 3.05) is 7.05 Å². The summed E-state index contributed by atoms with van der Waals surface area (Å²) in [6.07, 6.45) is 0. The van der Waals surface area contributed by atoms with E-state index < -0.39 is 11.0 Å². The van der Waals surface area contributed by atoms with Crippen LogP contribution in [0, 0.1) is 12.3 Å². The van der Waals surface area contributed by atoms with Gasteiger partial charge in [0.25, 0.3) is 0 Å². The van der Waals surface area contributed by atoms with E-state index in [0.29, 0.717) is 6.54 Å². The standard InChI is InChI=1S/C14H24N2OS/c1-10-7-8-18-11(10)9-16(6)12(17)13(2,3)14(4,5)15/h7-8H,9,15H2,1-6H3. The maximum atomic E-state index is 12.5. The Balaban J connectivity index is 2.83. The molecule has 1 aromatic rings. The summed E-state index contributed by atoms with van der Waals surface area (Å²) in [5, 5.41) is 2.06. The minimum Gasteiger partial charge on any atom is -0.340 e. The van der Waals surface area contributed by atoms with Crippen LogP contribution >= 0.6 is 11.3 Å². The lowest BCUT2D eigenvalue weighted by atomic mass is 9.74. The van der Waals surface area contributed by atoms with Crippen LogP contribution in [0.4, 0.5) is 0 Å². The van der Waals surface area contributed by atoms with Crippen LogP contribution in [-0.2, 0) is 11.3 Å². The second kappa shape index (κ2) is 5.02. The molecule has 0 bridgehead atoms. The van der Waals surface area contributed by atoms with E-state index in [1.54, 1.807) is 16.2 Å². The van der Waals surface area contributed by atoms with Crippen molar-refractivity contribution in [3.8, 4) is 0 Å². The van der Waals surface area contributed by atoms with Crippen molar-refractivity contribution in [1.29, 1.82) is 0 Å². The van der Waals surface area contributed by atoms with E-state index in [4.69, 9.17) is 5.73 Å². The highest BCUT2D eigenvalue weighted by Crippen LogP contribution is 2.31. The lowest BCUT2D eigenvalue weighted by molar-refractivity contribution is -0.142. The molecular formula is C14H24N2OS. The molecular weight excluding hydrogens is 244 g/mol. The number of nitrogens with two attached hydrogens (primary N) is 1. The molecule has 0 aliphatic carbocycles. The molecule has 0 unspecified atom stereocenters. The van der Waals surface area contributed by atoms with Gasteiger partial charge < -0.3 is 10.6 Å². The second-order valence-corrected chi connectivity index (χ2v) is 7.04. The van der Waals surface area contributed by atoms with Crippen LogP contribution < -0.4 is 5.73 Å². The van der Waals surface area contributed by atoms with E-state index in [1.165, 1.54) is 10.4 Å². The van der Waals surface area contributed by atoms with Crippen molar-refractivity contribution in [3.63, 3.8) is 0 Å². The summed E-state index contributed by atoms with van der Waals surface area (Å²) in [7, 11) is 1.84. The van der Waals surface area contributed by atoms with Crippen LogP contribution in [0.25, 0.3) is 0 Å². The van der Waals surface area contributed by atoms with Gasteiger partial charge in [0.15, 0.2) is 0 Å². The highest BCUT2D eigenvalue weighted by atomic mass is 32.1. The third-order valence-electron chi connectivity index (χ3n) is 3.84. The van der Waals surface area contributed by atoms with E-state index in [9.17, 15) is 4.79 Å². The van der Waals surface area contributed by atoms with Gasteiger partial charge in [-0.25, -0.2) is 0 Å². The monoisotopic (exact) mass is 268 g/mol. The van der Waals surface area contributed by atoms with Crippen molar-refractivity contribution in [3.05, 3.63) is 21.9 Å². The van der Waals surface area contributed by atoms with Crippen molar-refractivity contribution in [2.45, 2.75) is 46.7 Å². The number of carbonyl (C=O) groups is 1. The molecule has 1 heterocycles. The van der Waals surface area contributed by atoms with Gasteiger partial charge in [-0.2, -0.15) is 0 Å².